The van der Waals surface area contributed by atoms with E-state index in [4.69, 9.17) is 10.5 Å². The first-order valence-corrected chi connectivity index (χ1v) is 8.15. The molecule has 1 amide bonds. The van der Waals surface area contributed by atoms with Crippen molar-refractivity contribution in [3.8, 4) is 0 Å². The fourth-order valence-electron chi connectivity index (χ4n) is 4.22. The first-order chi connectivity index (χ1) is 10.1. The van der Waals surface area contributed by atoms with E-state index in [0.29, 0.717) is 17.4 Å². The topological polar surface area (TPSA) is 55.6 Å². The number of nitrogens with zero attached hydrogens (tertiary/aromatic N) is 1. The summed E-state index contributed by atoms with van der Waals surface area (Å²) in [5.74, 6) is 0.473. The molecular weight excluding hydrogens is 332 g/mol. The molecule has 1 aromatic carbocycles. The lowest BCUT2D eigenvalue weighted by molar-refractivity contribution is -0.155. The molecule has 2 fully saturated rings. The Hall–Kier alpha value is -0.910. The van der Waals surface area contributed by atoms with Crippen LogP contribution in [-0.4, -0.2) is 30.0 Å². The first kappa shape index (κ1) is 15.0. The number of hydrogen-bond acceptors (Lipinski definition) is 3. The Labute approximate surface area is 134 Å². The average molecular weight is 353 g/mol. The van der Waals surface area contributed by atoms with E-state index in [1.165, 1.54) is 6.42 Å². The van der Waals surface area contributed by atoms with E-state index in [-0.39, 0.29) is 11.5 Å². The molecule has 2 aliphatic rings. The van der Waals surface area contributed by atoms with Crippen LogP contribution in [-0.2, 0) is 10.3 Å². The number of methoxy groups -OCH3 is 1. The third-order valence-corrected chi connectivity index (χ3v) is 5.67. The van der Waals surface area contributed by atoms with Crippen LogP contribution in [0.15, 0.2) is 24.3 Å². The van der Waals surface area contributed by atoms with Gasteiger partial charge >= 0.3 is 0 Å². The molecule has 0 spiro atoms. The number of benzene rings is 1. The van der Waals surface area contributed by atoms with Gasteiger partial charge in [-0.05, 0) is 30.5 Å². The Morgan fingerprint density at radius 2 is 2.05 bits per heavy atom. The zero-order valence-electron chi connectivity index (χ0n) is 12.2. The highest BCUT2D eigenvalue weighted by Crippen LogP contribution is 2.52. The number of hydrogen-bond donors (Lipinski definition) is 1. The highest BCUT2D eigenvalue weighted by molar-refractivity contribution is 9.07. The van der Waals surface area contributed by atoms with Crippen molar-refractivity contribution in [3.63, 3.8) is 0 Å². The molecule has 2 atom stereocenters. The molecule has 0 radical (unpaired) electrons. The number of piperidine rings is 1. The van der Waals surface area contributed by atoms with Gasteiger partial charge in [-0.15, -0.1) is 0 Å². The van der Waals surface area contributed by atoms with Crippen molar-refractivity contribution >= 4 is 22.1 Å². The smallest absolute Gasteiger partial charge is 0.248 e. The minimum Gasteiger partial charge on any atom is -0.373 e. The van der Waals surface area contributed by atoms with Gasteiger partial charge < -0.3 is 10.5 Å². The lowest BCUT2D eigenvalue weighted by Gasteiger charge is -2.54. The normalized spacial score (nSPS) is 32.9. The van der Waals surface area contributed by atoms with Crippen LogP contribution in [0.25, 0.3) is 0 Å². The summed E-state index contributed by atoms with van der Waals surface area (Å²) in [6.07, 6.45) is 3.54. The number of halogens is 1. The van der Waals surface area contributed by atoms with Crippen LogP contribution in [0.2, 0.25) is 0 Å². The van der Waals surface area contributed by atoms with Crippen molar-refractivity contribution < 1.29 is 9.53 Å². The molecule has 2 unspecified atom stereocenters. The van der Waals surface area contributed by atoms with Crippen LogP contribution in [0.1, 0.15) is 35.2 Å². The van der Waals surface area contributed by atoms with Gasteiger partial charge in [-0.3, -0.25) is 4.79 Å². The second-order valence-electron chi connectivity index (χ2n) is 6.09. The van der Waals surface area contributed by atoms with Gasteiger partial charge in [0.05, 0.1) is 0 Å². The van der Waals surface area contributed by atoms with Crippen molar-refractivity contribution in [2.24, 2.45) is 17.6 Å². The summed E-state index contributed by atoms with van der Waals surface area (Å²) in [5, 5.41) is 0. The highest BCUT2D eigenvalue weighted by Gasteiger charge is 2.52. The van der Waals surface area contributed by atoms with E-state index in [1.54, 1.807) is 13.2 Å². The molecule has 4 nitrogen and oxygen atoms in total. The monoisotopic (exact) mass is 352 g/mol. The van der Waals surface area contributed by atoms with Gasteiger partial charge in [0, 0.05) is 53.7 Å². The quantitative estimate of drug-likeness (QED) is 0.850. The van der Waals surface area contributed by atoms with Crippen molar-refractivity contribution in [1.82, 2.24) is 3.93 Å². The summed E-state index contributed by atoms with van der Waals surface area (Å²) in [4.78, 5) is 11.5. The SMILES string of the molecule is COC1(c2cccc(C(N)=O)c2)C2CCCC1CN(Br)C2. The summed E-state index contributed by atoms with van der Waals surface area (Å²) in [6.45, 7) is 1.93. The lowest BCUT2D eigenvalue weighted by Crippen LogP contribution is -2.57. The van der Waals surface area contributed by atoms with Crippen LogP contribution in [0.5, 0.6) is 0 Å². The third kappa shape index (κ3) is 2.41. The summed E-state index contributed by atoms with van der Waals surface area (Å²) in [7, 11) is 1.80. The van der Waals surface area contributed by atoms with E-state index >= 15 is 0 Å². The molecule has 1 aliphatic carbocycles. The average Bonchev–Trinajstić information content (AvgIpc) is 2.46. The molecule has 1 saturated carbocycles. The molecule has 5 heteroatoms. The molecule has 1 saturated heterocycles. The molecule has 1 aromatic rings. The van der Waals surface area contributed by atoms with E-state index in [1.807, 2.05) is 12.1 Å². The predicted molar refractivity (Wildman–Crippen MR) is 85.0 cm³/mol. The largest absolute Gasteiger partial charge is 0.373 e. The molecule has 2 N–H and O–H groups in total. The molecule has 2 bridgehead atoms. The lowest BCUT2D eigenvalue weighted by atomic mass is 9.62. The zero-order valence-corrected chi connectivity index (χ0v) is 13.8. The number of rotatable bonds is 3. The fraction of sp³-hybridized carbons (Fsp3) is 0.562. The minimum absolute atomic E-state index is 0.298. The maximum Gasteiger partial charge on any atom is 0.248 e. The fourth-order valence-corrected chi connectivity index (χ4v) is 4.92. The molecule has 1 heterocycles. The van der Waals surface area contributed by atoms with Gasteiger partial charge in [0.25, 0.3) is 0 Å². The number of nitrogens with two attached hydrogens (primary N) is 1. The van der Waals surface area contributed by atoms with Gasteiger partial charge in [-0.25, -0.2) is 3.93 Å². The van der Waals surface area contributed by atoms with Gasteiger partial charge in [0.1, 0.15) is 5.60 Å². The Kier molecular flexibility index (Phi) is 4.08. The second kappa shape index (κ2) is 5.71. The number of amides is 1. The Morgan fingerprint density at radius 1 is 1.38 bits per heavy atom. The Morgan fingerprint density at radius 3 is 2.62 bits per heavy atom. The van der Waals surface area contributed by atoms with Crippen LogP contribution in [0.3, 0.4) is 0 Å². The van der Waals surface area contributed by atoms with Crippen LogP contribution in [0.4, 0.5) is 0 Å². The van der Waals surface area contributed by atoms with Crippen LogP contribution in [0, 0.1) is 11.8 Å². The van der Waals surface area contributed by atoms with Crippen molar-refractivity contribution in [1.29, 1.82) is 0 Å². The number of fused-ring (bicyclic) bond motifs is 2. The zero-order chi connectivity index (χ0) is 15.0. The molecule has 21 heavy (non-hydrogen) atoms. The minimum atomic E-state index is -0.383. The molecule has 1 aliphatic heterocycles. The summed E-state index contributed by atoms with van der Waals surface area (Å²) >= 11 is 3.64. The van der Waals surface area contributed by atoms with E-state index in [9.17, 15) is 4.79 Å². The van der Waals surface area contributed by atoms with Crippen molar-refractivity contribution in [2.75, 3.05) is 20.2 Å². The number of ether oxygens (including phenoxy) is 1. The molecule has 114 valence electrons. The number of carbonyl (C=O) groups is 1. The van der Waals surface area contributed by atoms with Gasteiger partial charge in [0.15, 0.2) is 0 Å². The second-order valence-corrected chi connectivity index (χ2v) is 7.10. The molecule has 0 aromatic heterocycles. The van der Waals surface area contributed by atoms with Gasteiger partial charge in [0.2, 0.25) is 5.91 Å². The third-order valence-electron chi connectivity index (χ3n) is 5.09. The van der Waals surface area contributed by atoms with Gasteiger partial charge in [-0.1, -0.05) is 18.6 Å². The number of primary amides is 1. The van der Waals surface area contributed by atoms with E-state index < -0.39 is 0 Å². The molecular formula is C16H21BrN2O2. The Bertz CT molecular complexity index is 535. The van der Waals surface area contributed by atoms with E-state index in [0.717, 1.165) is 31.5 Å². The molecule has 3 rings (SSSR count). The summed E-state index contributed by atoms with van der Waals surface area (Å²) in [5.41, 5.74) is 6.79. The standard InChI is InChI=1S/C16H21BrN2O2/c1-21-16(12-5-2-4-11(8-12)15(18)20)13-6-3-7-14(16)10-19(17)9-13/h2,4-5,8,13-14H,3,6-7,9-10H2,1H3,(H2,18,20). The van der Waals surface area contributed by atoms with Crippen molar-refractivity contribution in [3.05, 3.63) is 35.4 Å². The van der Waals surface area contributed by atoms with Crippen LogP contribution < -0.4 is 5.73 Å². The summed E-state index contributed by atoms with van der Waals surface area (Å²) in [6, 6.07) is 7.67. The predicted octanol–water partition coefficient (Wildman–Crippen LogP) is 2.67. The van der Waals surface area contributed by atoms with E-state index in [2.05, 4.69) is 26.1 Å². The maximum absolute atomic E-state index is 11.5. The first-order valence-electron chi connectivity index (χ1n) is 7.44. The van der Waals surface area contributed by atoms with Crippen LogP contribution >= 0.6 is 16.1 Å². The Balaban J connectivity index is 2.07. The maximum atomic E-state index is 11.5. The highest BCUT2D eigenvalue weighted by atomic mass is 79.9. The van der Waals surface area contributed by atoms with Crippen molar-refractivity contribution in [2.45, 2.75) is 24.9 Å². The number of carbonyl (C=O) groups excluding carboxylic acids is 1. The summed E-state index contributed by atoms with van der Waals surface area (Å²) < 4.78 is 8.33. The van der Waals surface area contributed by atoms with Gasteiger partial charge in [-0.2, -0.15) is 0 Å².